The van der Waals surface area contributed by atoms with E-state index in [0.717, 1.165) is 0 Å². The summed E-state index contributed by atoms with van der Waals surface area (Å²) in [6.45, 7) is 5.74. The first-order valence-electron chi connectivity index (χ1n) is 9.95. The van der Waals surface area contributed by atoms with Gasteiger partial charge in [0.25, 0.3) is 0 Å². The highest BCUT2D eigenvalue weighted by atomic mass is 32.2. The van der Waals surface area contributed by atoms with Crippen LogP contribution in [0.1, 0.15) is 43.8 Å². The van der Waals surface area contributed by atoms with Gasteiger partial charge in [-0.2, -0.15) is 10.4 Å². The van der Waals surface area contributed by atoms with Gasteiger partial charge in [-0.25, -0.2) is 9.37 Å². The molecule has 0 saturated heterocycles. The Kier molecular flexibility index (Phi) is 6.71. The lowest BCUT2D eigenvalue weighted by Gasteiger charge is -2.20. The van der Waals surface area contributed by atoms with E-state index in [0.29, 0.717) is 45.1 Å². The van der Waals surface area contributed by atoms with Crippen LogP contribution < -0.4 is 10.5 Å². The average Bonchev–Trinajstić information content (AvgIpc) is 3.09. The van der Waals surface area contributed by atoms with Crippen molar-refractivity contribution < 1.29 is 13.3 Å². The van der Waals surface area contributed by atoms with E-state index in [1.54, 1.807) is 26.2 Å². The van der Waals surface area contributed by atoms with Crippen molar-refractivity contribution in [3.8, 4) is 22.9 Å². The number of hydrogen-bond donors (Lipinski definition) is 1. The normalized spacial score (nSPS) is 17.4. The van der Waals surface area contributed by atoms with Crippen LogP contribution in [0, 0.1) is 17.1 Å². The number of nitrogen functional groups attached to an aromatic ring is 1. The van der Waals surface area contributed by atoms with Crippen molar-refractivity contribution in [3.05, 3.63) is 53.2 Å². The standard InChI is InChI=1S/C20H18FN5O2S.C2H6/c1-11-14-8-13(21)3-4-18(14)29(27)6-5-15-19(16(9-22)26(2)25-15)12-7-17(28-11)20(23)24-10-12;1-2/h3-4,7-8,10-11H,5-6H2,1-2H3,(H2,23,24);1-2H3. The number of nitrogens with zero attached hydrogens (tertiary/aromatic N) is 4. The second-order valence-electron chi connectivity index (χ2n) is 6.75. The van der Waals surface area contributed by atoms with E-state index in [1.165, 1.54) is 22.9 Å². The number of aryl methyl sites for hydroxylation is 2. The summed E-state index contributed by atoms with van der Waals surface area (Å²) in [7, 11) is 0.278. The zero-order valence-electron chi connectivity index (χ0n) is 17.8. The van der Waals surface area contributed by atoms with Crippen molar-refractivity contribution in [2.45, 2.75) is 38.2 Å². The third kappa shape index (κ3) is 4.30. The summed E-state index contributed by atoms with van der Waals surface area (Å²) in [5.74, 6) is 0.305. The zero-order chi connectivity index (χ0) is 22.7. The first kappa shape index (κ1) is 22.4. The molecule has 2 unspecified atom stereocenters. The summed E-state index contributed by atoms with van der Waals surface area (Å²) in [6, 6.07) is 8.00. The van der Waals surface area contributed by atoms with Gasteiger partial charge in [-0.3, -0.25) is 8.89 Å². The number of ether oxygens (including phenoxy) is 1. The van der Waals surface area contributed by atoms with Crippen LogP contribution in [0.3, 0.4) is 0 Å². The third-order valence-corrected chi connectivity index (χ3v) is 6.32. The van der Waals surface area contributed by atoms with Crippen molar-refractivity contribution in [2.75, 3.05) is 11.5 Å². The Bertz CT molecular complexity index is 1190. The van der Waals surface area contributed by atoms with Gasteiger partial charge in [-0.1, -0.05) is 13.8 Å². The molecule has 3 heterocycles. The molecule has 9 heteroatoms. The minimum atomic E-state index is -1.41. The van der Waals surface area contributed by atoms with Gasteiger partial charge >= 0.3 is 0 Å². The lowest BCUT2D eigenvalue weighted by Crippen LogP contribution is -2.13. The predicted octanol–water partition coefficient (Wildman–Crippen LogP) is 3.90. The van der Waals surface area contributed by atoms with Crippen LogP contribution in [0.4, 0.5) is 10.2 Å². The number of halogens is 1. The fourth-order valence-corrected chi connectivity index (χ4v) is 4.78. The Hall–Kier alpha value is -3.25. The van der Waals surface area contributed by atoms with E-state index in [2.05, 4.69) is 16.2 Å². The summed E-state index contributed by atoms with van der Waals surface area (Å²) < 4.78 is 34.4. The molecule has 0 spiro atoms. The van der Waals surface area contributed by atoms with Gasteiger partial charge in [0.1, 0.15) is 23.7 Å². The molecule has 2 bridgehead atoms. The summed E-state index contributed by atoms with van der Waals surface area (Å²) in [5.41, 5.74) is 8.74. The van der Waals surface area contributed by atoms with Gasteiger partial charge in [0.15, 0.2) is 11.6 Å². The number of aromatic nitrogens is 3. The van der Waals surface area contributed by atoms with Crippen molar-refractivity contribution in [1.82, 2.24) is 14.8 Å². The fraction of sp³-hybridized carbons (Fsp3) is 0.318. The van der Waals surface area contributed by atoms with E-state index in [4.69, 9.17) is 10.5 Å². The maximum Gasteiger partial charge on any atom is 0.166 e. The second-order valence-corrected chi connectivity index (χ2v) is 8.29. The Morgan fingerprint density at radius 2 is 2.10 bits per heavy atom. The topological polar surface area (TPSA) is 107 Å². The molecule has 162 valence electrons. The highest BCUT2D eigenvalue weighted by Gasteiger charge is 2.24. The predicted molar refractivity (Wildman–Crippen MR) is 117 cm³/mol. The van der Waals surface area contributed by atoms with Crippen molar-refractivity contribution in [1.29, 1.82) is 5.26 Å². The molecule has 1 aliphatic heterocycles. The molecule has 0 amide bonds. The molecule has 0 radical (unpaired) electrons. The molecule has 0 aliphatic carbocycles. The monoisotopic (exact) mass is 441 g/mol. The first-order valence-corrected chi connectivity index (χ1v) is 11.3. The van der Waals surface area contributed by atoms with Crippen LogP contribution in [0.5, 0.6) is 5.75 Å². The van der Waals surface area contributed by atoms with E-state index in [1.807, 2.05) is 13.8 Å². The number of rotatable bonds is 0. The van der Waals surface area contributed by atoms with Gasteiger partial charge < -0.3 is 10.5 Å². The number of nitriles is 1. The molecule has 2 N–H and O–H groups in total. The van der Waals surface area contributed by atoms with Gasteiger partial charge in [-0.05, 0) is 31.2 Å². The summed E-state index contributed by atoms with van der Waals surface area (Å²) in [4.78, 5) is 4.71. The van der Waals surface area contributed by atoms with Crippen LogP contribution in [-0.4, -0.2) is 24.7 Å². The lowest BCUT2D eigenvalue weighted by molar-refractivity contribution is 0.224. The maximum atomic E-state index is 13.9. The molecule has 2 atom stereocenters. The Labute approximate surface area is 183 Å². The molecular formula is C22H24FN5O2S. The van der Waals surface area contributed by atoms with E-state index in [-0.39, 0.29) is 11.6 Å². The van der Waals surface area contributed by atoms with E-state index in [9.17, 15) is 13.9 Å². The lowest BCUT2D eigenvalue weighted by atomic mass is 10.0. The number of hydrogen-bond acceptors (Lipinski definition) is 6. The van der Waals surface area contributed by atoms with Crippen LogP contribution in [-0.2, 0) is 24.3 Å². The summed E-state index contributed by atoms with van der Waals surface area (Å²) in [6.07, 6.45) is 1.33. The molecule has 31 heavy (non-hydrogen) atoms. The zero-order valence-corrected chi connectivity index (χ0v) is 18.7. The van der Waals surface area contributed by atoms with Gasteiger partial charge in [-0.15, -0.1) is 0 Å². The third-order valence-electron chi connectivity index (χ3n) is 4.88. The van der Waals surface area contributed by atoms with Crippen LogP contribution in [0.15, 0.2) is 35.4 Å². The van der Waals surface area contributed by atoms with Gasteiger partial charge in [0, 0.05) is 47.0 Å². The largest absolute Gasteiger partial charge is 0.482 e. The Morgan fingerprint density at radius 1 is 1.35 bits per heavy atom. The SMILES string of the molecule is CC.CC1Oc2cc(cnc2N)-c2c(nn(C)c2C#N)CCS(=O)c2ccc(F)cc21. The van der Waals surface area contributed by atoms with E-state index < -0.39 is 22.7 Å². The second kappa shape index (κ2) is 9.27. The molecular weight excluding hydrogens is 417 g/mol. The molecule has 1 aliphatic rings. The smallest absolute Gasteiger partial charge is 0.166 e. The van der Waals surface area contributed by atoms with Crippen molar-refractivity contribution >= 4 is 16.6 Å². The minimum absolute atomic E-state index is 0.167. The number of pyridine rings is 1. The molecule has 4 rings (SSSR count). The molecule has 3 aromatic rings. The number of fused-ring (bicyclic) bond motifs is 5. The number of nitrogens with two attached hydrogens (primary N) is 1. The maximum absolute atomic E-state index is 13.9. The van der Waals surface area contributed by atoms with Gasteiger partial charge in [0.05, 0.1) is 16.5 Å². The summed E-state index contributed by atoms with van der Waals surface area (Å²) in [5, 5.41) is 14.1. The van der Waals surface area contributed by atoms with Crippen molar-refractivity contribution in [2.24, 2.45) is 7.05 Å². The quantitative estimate of drug-likeness (QED) is 0.567. The summed E-state index contributed by atoms with van der Waals surface area (Å²) >= 11 is 0. The van der Waals surface area contributed by atoms with Crippen LogP contribution >= 0.6 is 0 Å². The molecule has 1 aromatic carbocycles. The van der Waals surface area contributed by atoms with Crippen molar-refractivity contribution in [3.63, 3.8) is 0 Å². The Morgan fingerprint density at radius 3 is 2.81 bits per heavy atom. The molecule has 7 nitrogen and oxygen atoms in total. The average molecular weight is 442 g/mol. The molecule has 0 fully saturated rings. The minimum Gasteiger partial charge on any atom is -0.482 e. The molecule has 0 saturated carbocycles. The molecule has 2 aromatic heterocycles. The Balaban J connectivity index is 0.00000132. The van der Waals surface area contributed by atoms with Gasteiger partial charge in [0.2, 0.25) is 0 Å². The number of benzene rings is 1. The highest BCUT2D eigenvalue weighted by molar-refractivity contribution is 7.85. The highest BCUT2D eigenvalue weighted by Crippen LogP contribution is 2.35. The van der Waals surface area contributed by atoms with Crippen LogP contribution in [0.2, 0.25) is 0 Å². The number of anilines is 1. The van der Waals surface area contributed by atoms with Crippen LogP contribution in [0.25, 0.3) is 11.1 Å². The first-order chi connectivity index (χ1) is 14.9. The fourth-order valence-electron chi connectivity index (χ4n) is 3.47. The van der Waals surface area contributed by atoms with E-state index >= 15 is 0 Å².